The normalized spacial score (nSPS) is 15.7. The van der Waals surface area contributed by atoms with Gasteiger partial charge < -0.3 is 5.43 Å². The van der Waals surface area contributed by atoms with Crippen LogP contribution in [-0.4, -0.2) is 0 Å². The third-order valence-electron chi connectivity index (χ3n) is 2.95. The van der Waals surface area contributed by atoms with E-state index in [0.29, 0.717) is 0 Å². The van der Waals surface area contributed by atoms with E-state index < -0.39 is 0 Å². The van der Waals surface area contributed by atoms with Crippen molar-refractivity contribution in [2.24, 2.45) is 0 Å². The highest BCUT2D eigenvalue weighted by atomic mass is 15.4. The van der Waals surface area contributed by atoms with Crippen molar-refractivity contribution in [1.29, 1.82) is 0 Å². The van der Waals surface area contributed by atoms with E-state index in [1.165, 1.54) is 42.5 Å². The molecule has 2 N–H and O–H groups in total. The summed E-state index contributed by atoms with van der Waals surface area (Å²) in [5.41, 5.74) is 10.5. The van der Waals surface area contributed by atoms with E-state index in [-0.39, 0.29) is 0 Å². The van der Waals surface area contributed by atoms with Crippen LogP contribution < -0.4 is 10.9 Å². The van der Waals surface area contributed by atoms with Crippen molar-refractivity contribution in [1.82, 2.24) is 10.9 Å². The molecule has 0 aliphatic heterocycles. The molecule has 16 heavy (non-hydrogen) atoms. The minimum absolute atomic E-state index is 0.873. The average molecular weight is 216 g/mol. The lowest BCUT2D eigenvalue weighted by molar-refractivity contribution is 0.549. The Balaban J connectivity index is 1.75. The van der Waals surface area contributed by atoms with Crippen molar-refractivity contribution in [2.75, 3.05) is 0 Å². The fourth-order valence-electron chi connectivity index (χ4n) is 1.92. The zero-order valence-electron chi connectivity index (χ0n) is 9.92. The van der Waals surface area contributed by atoms with Crippen LogP contribution in [0, 0.1) is 6.92 Å². The molecule has 0 heterocycles. The van der Waals surface area contributed by atoms with E-state index in [2.05, 4.69) is 48.1 Å². The molecular weight excluding hydrogens is 196 g/mol. The smallest absolute Gasteiger partial charge is 0.0398 e. The largest absolute Gasteiger partial charge is 0.326 e. The summed E-state index contributed by atoms with van der Waals surface area (Å²) in [6, 6.07) is 8.63. The van der Waals surface area contributed by atoms with Gasteiger partial charge in [0.2, 0.25) is 0 Å². The van der Waals surface area contributed by atoms with Crippen LogP contribution in [0.4, 0.5) is 0 Å². The van der Waals surface area contributed by atoms with E-state index in [9.17, 15) is 0 Å². The average Bonchev–Trinajstić information content (AvgIpc) is 2.33. The Bertz CT molecular complexity index is 352. The Morgan fingerprint density at radius 3 is 2.62 bits per heavy atom. The second kappa shape index (κ2) is 5.71. The van der Waals surface area contributed by atoms with Crippen molar-refractivity contribution in [3.8, 4) is 0 Å². The number of nitrogens with one attached hydrogen (secondary N) is 2. The molecule has 0 spiro atoms. The maximum Gasteiger partial charge on any atom is 0.0398 e. The van der Waals surface area contributed by atoms with Crippen LogP contribution in [0.2, 0.25) is 0 Å². The fourth-order valence-corrected chi connectivity index (χ4v) is 1.92. The first kappa shape index (κ1) is 11.2. The zero-order chi connectivity index (χ0) is 11.2. The number of hydrazine groups is 1. The molecule has 0 radical (unpaired) electrons. The van der Waals surface area contributed by atoms with Gasteiger partial charge in [-0.25, -0.2) is 5.43 Å². The Morgan fingerprint density at radius 1 is 1.12 bits per heavy atom. The van der Waals surface area contributed by atoms with Gasteiger partial charge in [-0.05, 0) is 38.2 Å². The number of hydrogen-bond donors (Lipinski definition) is 2. The molecule has 1 aliphatic carbocycles. The number of benzene rings is 1. The first-order valence-corrected chi connectivity index (χ1v) is 6.08. The fraction of sp³-hybridized carbons (Fsp3) is 0.429. The highest BCUT2D eigenvalue weighted by Gasteiger charge is 2.01. The van der Waals surface area contributed by atoms with Crippen LogP contribution >= 0.6 is 0 Å². The number of allylic oxidation sites excluding steroid dienone is 2. The van der Waals surface area contributed by atoms with Crippen LogP contribution in [-0.2, 0) is 6.54 Å². The molecule has 1 aromatic rings. The van der Waals surface area contributed by atoms with Crippen molar-refractivity contribution in [3.05, 3.63) is 47.2 Å². The molecule has 0 atom stereocenters. The first-order chi connectivity index (χ1) is 7.84. The van der Waals surface area contributed by atoms with E-state index in [4.69, 9.17) is 0 Å². The SMILES string of the molecule is Cc1ccc(CNNC2=CCCCC2)cc1. The summed E-state index contributed by atoms with van der Waals surface area (Å²) in [5.74, 6) is 0. The summed E-state index contributed by atoms with van der Waals surface area (Å²) in [6.45, 7) is 2.99. The molecule has 0 bridgehead atoms. The summed E-state index contributed by atoms with van der Waals surface area (Å²) in [4.78, 5) is 0. The lowest BCUT2D eigenvalue weighted by atomic mass is 10.1. The Labute approximate surface area is 97.7 Å². The van der Waals surface area contributed by atoms with Gasteiger partial charge in [0.05, 0.1) is 0 Å². The van der Waals surface area contributed by atoms with Gasteiger partial charge in [-0.15, -0.1) is 0 Å². The molecule has 1 aromatic carbocycles. The molecule has 86 valence electrons. The van der Waals surface area contributed by atoms with Crippen molar-refractivity contribution in [2.45, 2.75) is 39.2 Å². The molecule has 0 unspecified atom stereocenters. The van der Waals surface area contributed by atoms with E-state index in [1.54, 1.807) is 0 Å². The standard InChI is InChI=1S/C14H20N2/c1-12-7-9-13(10-8-12)11-15-16-14-5-3-2-4-6-14/h5,7-10,15-16H,2-4,6,11H2,1H3. The summed E-state index contributed by atoms with van der Waals surface area (Å²) < 4.78 is 0. The van der Waals surface area contributed by atoms with Crippen molar-refractivity contribution < 1.29 is 0 Å². The maximum atomic E-state index is 3.30. The zero-order valence-corrected chi connectivity index (χ0v) is 9.92. The highest BCUT2D eigenvalue weighted by Crippen LogP contribution is 2.14. The molecule has 0 amide bonds. The van der Waals surface area contributed by atoms with Gasteiger partial charge in [-0.1, -0.05) is 35.9 Å². The molecule has 0 saturated carbocycles. The third kappa shape index (κ3) is 3.38. The van der Waals surface area contributed by atoms with E-state index in [0.717, 1.165) is 6.54 Å². The molecule has 0 saturated heterocycles. The van der Waals surface area contributed by atoms with Gasteiger partial charge in [0.1, 0.15) is 0 Å². The molecule has 0 fully saturated rings. The molecule has 2 nitrogen and oxygen atoms in total. The van der Waals surface area contributed by atoms with Crippen LogP contribution in [0.1, 0.15) is 36.8 Å². The Hall–Kier alpha value is -1.28. The molecular formula is C14H20N2. The second-order valence-corrected chi connectivity index (χ2v) is 4.44. The first-order valence-electron chi connectivity index (χ1n) is 6.08. The predicted molar refractivity (Wildman–Crippen MR) is 67.7 cm³/mol. The van der Waals surface area contributed by atoms with E-state index >= 15 is 0 Å². The monoisotopic (exact) mass is 216 g/mol. The summed E-state index contributed by atoms with van der Waals surface area (Å²) in [6.07, 6.45) is 7.34. The second-order valence-electron chi connectivity index (χ2n) is 4.44. The van der Waals surface area contributed by atoms with Gasteiger partial charge in [0.25, 0.3) is 0 Å². The van der Waals surface area contributed by atoms with Gasteiger partial charge in [-0.3, -0.25) is 0 Å². The van der Waals surface area contributed by atoms with Crippen molar-refractivity contribution in [3.63, 3.8) is 0 Å². The van der Waals surface area contributed by atoms with Gasteiger partial charge in [0, 0.05) is 12.2 Å². The number of aryl methyl sites for hydroxylation is 1. The summed E-state index contributed by atoms with van der Waals surface area (Å²) >= 11 is 0. The van der Waals surface area contributed by atoms with Crippen LogP contribution in [0.5, 0.6) is 0 Å². The van der Waals surface area contributed by atoms with Crippen LogP contribution in [0.15, 0.2) is 36.0 Å². The lowest BCUT2D eigenvalue weighted by Gasteiger charge is -2.15. The topological polar surface area (TPSA) is 24.1 Å². The number of rotatable bonds is 4. The molecule has 2 rings (SSSR count). The number of hydrogen-bond acceptors (Lipinski definition) is 2. The lowest BCUT2D eigenvalue weighted by Crippen LogP contribution is -2.31. The quantitative estimate of drug-likeness (QED) is 0.756. The Morgan fingerprint density at radius 2 is 1.94 bits per heavy atom. The van der Waals surface area contributed by atoms with Crippen LogP contribution in [0.3, 0.4) is 0 Å². The molecule has 1 aliphatic rings. The molecule has 2 heteroatoms. The van der Waals surface area contributed by atoms with Gasteiger partial charge in [-0.2, -0.15) is 0 Å². The summed E-state index contributed by atoms with van der Waals surface area (Å²) in [7, 11) is 0. The van der Waals surface area contributed by atoms with Gasteiger partial charge >= 0.3 is 0 Å². The highest BCUT2D eigenvalue weighted by molar-refractivity contribution is 5.21. The minimum atomic E-state index is 0.873. The third-order valence-corrected chi connectivity index (χ3v) is 2.95. The van der Waals surface area contributed by atoms with E-state index in [1.807, 2.05) is 0 Å². The van der Waals surface area contributed by atoms with Crippen molar-refractivity contribution >= 4 is 0 Å². The molecule has 0 aromatic heterocycles. The predicted octanol–water partition coefficient (Wildman–Crippen LogP) is 3.05. The minimum Gasteiger partial charge on any atom is -0.326 e. The van der Waals surface area contributed by atoms with Crippen LogP contribution in [0.25, 0.3) is 0 Å². The Kier molecular flexibility index (Phi) is 4.00. The van der Waals surface area contributed by atoms with Gasteiger partial charge in [0.15, 0.2) is 0 Å². The summed E-state index contributed by atoms with van der Waals surface area (Å²) in [5, 5.41) is 0. The maximum absolute atomic E-state index is 3.30.